The van der Waals surface area contributed by atoms with Crippen LogP contribution in [-0.2, 0) is 17.6 Å². The zero-order chi connectivity index (χ0) is 17.6. The van der Waals surface area contributed by atoms with Crippen molar-refractivity contribution < 1.29 is 14.3 Å². The van der Waals surface area contributed by atoms with E-state index in [-0.39, 0.29) is 24.2 Å². The Kier molecular flexibility index (Phi) is 3.71. The van der Waals surface area contributed by atoms with E-state index in [1.165, 1.54) is 5.56 Å². The lowest BCUT2D eigenvalue weighted by atomic mass is 10.0. The molecule has 1 unspecified atom stereocenters. The second-order valence-corrected chi connectivity index (χ2v) is 7.52. The number of benzene rings is 2. The summed E-state index contributed by atoms with van der Waals surface area (Å²) < 4.78 is 11.9. The molecule has 0 spiro atoms. The van der Waals surface area contributed by atoms with E-state index in [1.807, 2.05) is 35.2 Å². The van der Waals surface area contributed by atoms with Crippen molar-refractivity contribution in [2.24, 2.45) is 0 Å². The summed E-state index contributed by atoms with van der Waals surface area (Å²) in [5, 5.41) is 0. The van der Waals surface area contributed by atoms with Crippen LogP contribution in [0, 0.1) is 0 Å². The third kappa shape index (κ3) is 2.86. The first-order valence-corrected chi connectivity index (χ1v) is 8.78. The van der Waals surface area contributed by atoms with Crippen molar-refractivity contribution in [3.05, 3.63) is 53.6 Å². The molecule has 1 atom stereocenters. The molecular formula is C21H23NO3. The maximum absolute atomic E-state index is 12.8. The topological polar surface area (TPSA) is 38.8 Å². The van der Waals surface area contributed by atoms with Crippen molar-refractivity contribution >= 4 is 11.6 Å². The van der Waals surface area contributed by atoms with Gasteiger partial charge in [-0.3, -0.25) is 4.79 Å². The summed E-state index contributed by atoms with van der Waals surface area (Å²) in [4.78, 5) is 14.6. The van der Waals surface area contributed by atoms with Crippen LogP contribution in [-0.4, -0.2) is 24.2 Å². The first-order valence-electron chi connectivity index (χ1n) is 8.78. The molecule has 25 heavy (non-hydrogen) atoms. The van der Waals surface area contributed by atoms with Gasteiger partial charge in [-0.05, 0) is 44.9 Å². The normalized spacial score (nSPS) is 20.0. The fraction of sp³-hybridized carbons (Fsp3) is 0.381. The first-order chi connectivity index (χ1) is 11.9. The second kappa shape index (κ2) is 5.80. The predicted molar refractivity (Wildman–Crippen MR) is 97.4 cm³/mol. The smallest absolute Gasteiger partial charge is 0.265 e. The van der Waals surface area contributed by atoms with Gasteiger partial charge in [-0.1, -0.05) is 30.3 Å². The van der Waals surface area contributed by atoms with Crippen molar-refractivity contribution in [2.45, 2.75) is 45.3 Å². The average Bonchev–Trinajstić information content (AvgIpc) is 3.06. The Morgan fingerprint density at radius 3 is 2.80 bits per heavy atom. The fourth-order valence-electron chi connectivity index (χ4n) is 3.86. The van der Waals surface area contributed by atoms with Crippen molar-refractivity contribution in [3.8, 4) is 11.5 Å². The number of para-hydroxylation sites is 2. The molecule has 2 heterocycles. The largest absolute Gasteiger partial charge is 0.483 e. The van der Waals surface area contributed by atoms with Crippen molar-refractivity contribution in [3.63, 3.8) is 0 Å². The number of rotatable bonds is 3. The number of hydrogen-bond donors (Lipinski definition) is 0. The maximum Gasteiger partial charge on any atom is 0.265 e. The lowest BCUT2D eigenvalue weighted by Crippen LogP contribution is -2.39. The molecule has 0 aromatic heterocycles. The van der Waals surface area contributed by atoms with E-state index in [0.29, 0.717) is 5.75 Å². The van der Waals surface area contributed by atoms with Gasteiger partial charge in [0, 0.05) is 23.7 Å². The predicted octanol–water partition coefficient (Wildman–Crippen LogP) is 3.76. The number of hydrogen-bond acceptors (Lipinski definition) is 3. The van der Waals surface area contributed by atoms with Gasteiger partial charge in [0.15, 0.2) is 18.1 Å². The molecule has 1 amide bonds. The van der Waals surface area contributed by atoms with Crippen molar-refractivity contribution in [2.75, 3.05) is 11.5 Å². The molecular weight excluding hydrogens is 314 g/mol. The van der Waals surface area contributed by atoms with Gasteiger partial charge in [0.1, 0.15) is 5.60 Å². The summed E-state index contributed by atoms with van der Waals surface area (Å²) in [6.45, 7) is 6.21. The molecule has 0 saturated carbocycles. The zero-order valence-electron chi connectivity index (χ0n) is 14.9. The van der Waals surface area contributed by atoms with Crippen LogP contribution in [0.1, 0.15) is 31.9 Å². The SMILES string of the molecule is CC1Cc2ccccc2N1C(=O)COc1cccc2c1OC(C)(C)C2. The minimum absolute atomic E-state index is 0.0128. The Morgan fingerprint density at radius 2 is 1.96 bits per heavy atom. The van der Waals surface area contributed by atoms with Crippen LogP contribution in [0.4, 0.5) is 5.69 Å². The van der Waals surface area contributed by atoms with E-state index in [4.69, 9.17) is 9.47 Å². The minimum atomic E-state index is -0.228. The van der Waals surface area contributed by atoms with Gasteiger partial charge in [-0.2, -0.15) is 0 Å². The summed E-state index contributed by atoms with van der Waals surface area (Å²) in [6, 6.07) is 14.1. The fourth-order valence-corrected chi connectivity index (χ4v) is 3.86. The summed E-state index contributed by atoms with van der Waals surface area (Å²) >= 11 is 0. The maximum atomic E-state index is 12.8. The Hall–Kier alpha value is -2.49. The molecule has 130 valence electrons. The molecule has 0 radical (unpaired) electrons. The van der Waals surface area contributed by atoms with Crippen LogP contribution in [0.25, 0.3) is 0 Å². The quantitative estimate of drug-likeness (QED) is 0.856. The van der Waals surface area contributed by atoms with Crippen LogP contribution in [0.2, 0.25) is 0 Å². The highest BCUT2D eigenvalue weighted by Gasteiger charge is 2.33. The van der Waals surface area contributed by atoms with Gasteiger partial charge in [-0.25, -0.2) is 0 Å². The van der Waals surface area contributed by atoms with Crippen LogP contribution >= 0.6 is 0 Å². The Labute approximate surface area is 148 Å². The Balaban J connectivity index is 1.50. The number of anilines is 1. The molecule has 2 aromatic rings. The minimum Gasteiger partial charge on any atom is -0.483 e. The average molecular weight is 337 g/mol. The summed E-state index contributed by atoms with van der Waals surface area (Å²) in [6.07, 6.45) is 1.74. The number of carbonyl (C=O) groups is 1. The lowest BCUT2D eigenvalue weighted by Gasteiger charge is -2.23. The molecule has 0 fully saturated rings. The van der Waals surface area contributed by atoms with Crippen LogP contribution in [0.5, 0.6) is 11.5 Å². The third-order valence-corrected chi connectivity index (χ3v) is 4.88. The van der Waals surface area contributed by atoms with Gasteiger partial charge >= 0.3 is 0 Å². The van der Waals surface area contributed by atoms with E-state index in [1.54, 1.807) is 0 Å². The second-order valence-electron chi connectivity index (χ2n) is 7.52. The zero-order valence-corrected chi connectivity index (χ0v) is 14.9. The summed E-state index contributed by atoms with van der Waals surface area (Å²) in [5.74, 6) is 1.40. The number of carbonyl (C=O) groups excluding carboxylic acids is 1. The van der Waals surface area contributed by atoms with E-state index in [9.17, 15) is 4.79 Å². The molecule has 0 saturated heterocycles. The van der Waals surface area contributed by atoms with Crippen molar-refractivity contribution in [1.82, 2.24) is 0 Å². The Bertz CT molecular complexity index is 828. The van der Waals surface area contributed by atoms with Crippen LogP contribution in [0.15, 0.2) is 42.5 Å². The highest BCUT2D eigenvalue weighted by molar-refractivity contribution is 5.97. The Morgan fingerprint density at radius 1 is 1.20 bits per heavy atom. The lowest BCUT2D eigenvalue weighted by molar-refractivity contribution is -0.120. The van der Waals surface area contributed by atoms with Gasteiger partial charge in [0.2, 0.25) is 0 Å². The van der Waals surface area contributed by atoms with E-state index >= 15 is 0 Å². The van der Waals surface area contributed by atoms with Crippen LogP contribution in [0.3, 0.4) is 0 Å². The van der Waals surface area contributed by atoms with Gasteiger partial charge in [0.25, 0.3) is 5.91 Å². The third-order valence-electron chi connectivity index (χ3n) is 4.88. The van der Waals surface area contributed by atoms with Crippen molar-refractivity contribution in [1.29, 1.82) is 0 Å². The number of fused-ring (bicyclic) bond motifs is 2. The standard InChI is InChI=1S/C21H23NO3/c1-14-11-15-7-4-5-9-17(15)22(14)19(23)13-24-18-10-6-8-16-12-21(2,3)25-20(16)18/h4-10,14H,11-13H2,1-3H3. The van der Waals surface area contributed by atoms with Crippen LogP contribution < -0.4 is 14.4 Å². The highest BCUT2D eigenvalue weighted by Crippen LogP contribution is 2.41. The molecule has 2 aliphatic rings. The molecule has 4 nitrogen and oxygen atoms in total. The van der Waals surface area contributed by atoms with Gasteiger partial charge < -0.3 is 14.4 Å². The number of nitrogens with zero attached hydrogens (tertiary/aromatic N) is 1. The number of amides is 1. The molecule has 0 bridgehead atoms. The molecule has 0 N–H and O–H groups in total. The summed E-state index contributed by atoms with van der Waals surface area (Å²) in [7, 11) is 0. The molecule has 0 aliphatic carbocycles. The highest BCUT2D eigenvalue weighted by atomic mass is 16.5. The van der Waals surface area contributed by atoms with Gasteiger partial charge in [0.05, 0.1) is 0 Å². The molecule has 4 rings (SSSR count). The van der Waals surface area contributed by atoms with E-state index < -0.39 is 0 Å². The number of ether oxygens (including phenoxy) is 2. The molecule has 2 aliphatic heterocycles. The van der Waals surface area contributed by atoms with E-state index in [0.717, 1.165) is 29.8 Å². The van der Waals surface area contributed by atoms with E-state index in [2.05, 4.69) is 32.9 Å². The first kappa shape index (κ1) is 16.0. The van der Waals surface area contributed by atoms with Gasteiger partial charge in [-0.15, -0.1) is 0 Å². The summed E-state index contributed by atoms with van der Waals surface area (Å²) in [5.41, 5.74) is 3.12. The molecule has 4 heteroatoms. The molecule has 2 aromatic carbocycles. The monoisotopic (exact) mass is 337 g/mol.